The fraction of sp³-hybridized carbons (Fsp3) is 0.250. The summed E-state index contributed by atoms with van der Waals surface area (Å²) in [6.45, 7) is 1.23. The summed E-state index contributed by atoms with van der Waals surface area (Å²) in [7, 11) is -0.835. The number of fused-ring (bicyclic) bond motifs is 1. The third-order valence-corrected chi connectivity index (χ3v) is 7.51. The highest BCUT2D eigenvalue weighted by Gasteiger charge is 2.28. The zero-order valence-electron chi connectivity index (χ0n) is 18.5. The van der Waals surface area contributed by atoms with E-state index in [4.69, 9.17) is 11.6 Å². The van der Waals surface area contributed by atoms with E-state index >= 15 is 0 Å². The summed E-state index contributed by atoms with van der Waals surface area (Å²) in [6, 6.07) is 11.5. The van der Waals surface area contributed by atoms with E-state index in [1.165, 1.54) is 12.1 Å². The molecule has 0 spiro atoms. The summed E-state index contributed by atoms with van der Waals surface area (Å²) in [4.78, 5) is 35.5. The predicted octanol–water partition coefficient (Wildman–Crippen LogP) is 3.06. The minimum Gasteiger partial charge on any atom is -0.346 e. The highest BCUT2D eigenvalue weighted by molar-refractivity contribution is 7.85. The number of hydrogen-bond acceptors (Lipinski definition) is 6. The lowest BCUT2D eigenvalue weighted by Crippen LogP contribution is -2.42. The average Bonchev–Trinajstić information content (AvgIpc) is 3.21. The highest BCUT2D eigenvalue weighted by Crippen LogP contribution is 2.32. The average molecular weight is 514 g/mol. The third kappa shape index (κ3) is 4.89. The number of carbonyl (C=O) groups is 2. The van der Waals surface area contributed by atoms with Crippen LogP contribution in [0, 0.1) is 5.82 Å². The largest absolute Gasteiger partial charge is 0.346 e. The van der Waals surface area contributed by atoms with E-state index in [0.717, 1.165) is 5.56 Å². The van der Waals surface area contributed by atoms with Gasteiger partial charge >= 0.3 is 0 Å². The van der Waals surface area contributed by atoms with E-state index in [0.29, 0.717) is 41.5 Å². The van der Waals surface area contributed by atoms with Crippen LogP contribution in [-0.2, 0) is 28.6 Å². The molecule has 1 fully saturated rings. The molecule has 0 atom stereocenters. The summed E-state index contributed by atoms with van der Waals surface area (Å²) >= 11 is 6.21. The molecule has 2 aliphatic heterocycles. The molecule has 3 aromatic rings. The number of nitrogens with zero attached hydrogens (tertiary/aromatic N) is 3. The van der Waals surface area contributed by atoms with Gasteiger partial charge in [0.2, 0.25) is 5.91 Å². The number of rotatable bonds is 5. The fourth-order valence-corrected chi connectivity index (χ4v) is 5.36. The first-order chi connectivity index (χ1) is 16.9. The van der Waals surface area contributed by atoms with Gasteiger partial charge in [0.15, 0.2) is 5.82 Å². The van der Waals surface area contributed by atoms with Gasteiger partial charge in [-0.2, -0.15) is 0 Å². The number of halogens is 2. The first kappa shape index (κ1) is 23.4. The number of carbonyl (C=O) groups excluding carboxylic acids is 2. The lowest BCUT2D eigenvalue weighted by atomic mass is 10.1. The molecule has 0 saturated carbocycles. The molecule has 8 nitrogen and oxygen atoms in total. The monoisotopic (exact) mass is 513 g/mol. The number of anilines is 2. The van der Waals surface area contributed by atoms with Gasteiger partial charge in [0.05, 0.1) is 29.2 Å². The smallest absolute Gasteiger partial charge is 0.257 e. The van der Waals surface area contributed by atoms with Crippen LogP contribution in [0.25, 0.3) is 11.4 Å². The third-order valence-electron chi connectivity index (χ3n) is 5.92. The summed E-state index contributed by atoms with van der Waals surface area (Å²) in [5.41, 5.74) is 2.28. The molecule has 1 aromatic heterocycles. The van der Waals surface area contributed by atoms with Gasteiger partial charge in [0.1, 0.15) is 17.2 Å². The number of hydrogen-bond donors (Lipinski definition) is 2. The molecular formula is C24H21ClFN5O3S. The maximum absolute atomic E-state index is 14.5. The van der Waals surface area contributed by atoms with Crippen molar-refractivity contribution in [3.8, 4) is 11.4 Å². The summed E-state index contributed by atoms with van der Waals surface area (Å²) in [5.74, 6) is 0.476. The van der Waals surface area contributed by atoms with Gasteiger partial charge in [0, 0.05) is 41.1 Å². The maximum Gasteiger partial charge on any atom is 0.257 e. The van der Waals surface area contributed by atoms with Gasteiger partial charge in [0.25, 0.3) is 5.91 Å². The molecule has 2 amide bonds. The summed E-state index contributed by atoms with van der Waals surface area (Å²) in [6.07, 6.45) is 0.244. The standard InChI is InChI=1S/C24H21ClFN5O3S/c25-16-2-1-3-17(26)20(16)22-29-18-13-27-24(33)21(18)23(30-22)28-15-6-4-14(5-7-15)12-19(32)31-8-10-35(34)11-9-31/h1-7H,8-13H2,(H,27,33)(H,28,29,30). The zero-order valence-corrected chi connectivity index (χ0v) is 20.1. The summed E-state index contributed by atoms with van der Waals surface area (Å²) < 4.78 is 26.0. The number of nitrogens with one attached hydrogen (secondary N) is 2. The molecule has 5 rings (SSSR count). The number of amides is 2. The van der Waals surface area contributed by atoms with Crippen molar-refractivity contribution in [2.45, 2.75) is 13.0 Å². The molecule has 0 unspecified atom stereocenters. The predicted molar refractivity (Wildman–Crippen MR) is 131 cm³/mol. The molecular weight excluding hydrogens is 493 g/mol. The Kier molecular flexibility index (Phi) is 6.48. The minimum absolute atomic E-state index is 0.000825. The Hall–Kier alpha value is -3.37. The molecule has 35 heavy (non-hydrogen) atoms. The summed E-state index contributed by atoms with van der Waals surface area (Å²) in [5, 5.41) is 6.01. The van der Waals surface area contributed by atoms with Crippen LogP contribution in [0.15, 0.2) is 42.5 Å². The highest BCUT2D eigenvalue weighted by atomic mass is 35.5. The van der Waals surface area contributed by atoms with Gasteiger partial charge < -0.3 is 15.5 Å². The first-order valence-electron chi connectivity index (χ1n) is 11.0. The Labute approximate surface area is 208 Å². The van der Waals surface area contributed by atoms with Crippen LogP contribution in [0.1, 0.15) is 21.6 Å². The topological polar surface area (TPSA) is 104 Å². The van der Waals surface area contributed by atoms with Gasteiger partial charge in [-0.1, -0.05) is 29.8 Å². The minimum atomic E-state index is -0.835. The van der Waals surface area contributed by atoms with Crippen LogP contribution in [0.5, 0.6) is 0 Å². The van der Waals surface area contributed by atoms with Crippen molar-refractivity contribution in [2.75, 3.05) is 29.9 Å². The molecule has 2 aromatic carbocycles. The van der Waals surface area contributed by atoms with Crippen LogP contribution < -0.4 is 10.6 Å². The second kappa shape index (κ2) is 9.71. The van der Waals surface area contributed by atoms with Crippen LogP contribution >= 0.6 is 11.6 Å². The number of aromatic nitrogens is 2. The second-order valence-electron chi connectivity index (χ2n) is 8.22. The molecule has 3 heterocycles. The van der Waals surface area contributed by atoms with E-state index in [9.17, 15) is 18.2 Å². The van der Waals surface area contributed by atoms with Crippen molar-refractivity contribution in [2.24, 2.45) is 0 Å². The van der Waals surface area contributed by atoms with Crippen molar-refractivity contribution in [1.29, 1.82) is 0 Å². The number of benzene rings is 2. The molecule has 2 aliphatic rings. The zero-order chi connectivity index (χ0) is 24.5. The quantitative estimate of drug-likeness (QED) is 0.543. The van der Waals surface area contributed by atoms with Gasteiger partial charge in [-0.05, 0) is 29.8 Å². The van der Waals surface area contributed by atoms with Crippen LogP contribution in [0.4, 0.5) is 15.9 Å². The lowest BCUT2D eigenvalue weighted by molar-refractivity contribution is -0.130. The molecule has 2 N–H and O–H groups in total. The van der Waals surface area contributed by atoms with Crippen LogP contribution in [0.2, 0.25) is 5.02 Å². The van der Waals surface area contributed by atoms with Gasteiger partial charge in [-0.25, -0.2) is 14.4 Å². The fourth-order valence-electron chi connectivity index (χ4n) is 4.06. The van der Waals surface area contributed by atoms with Gasteiger partial charge in [-0.15, -0.1) is 0 Å². The Bertz CT molecular complexity index is 1320. The van der Waals surface area contributed by atoms with Crippen molar-refractivity contribution in [3.63, 3.8) is 0 Å². The van der Waals surface area contributed by atoms with Crippen LogP contribution in [-0.4, -0.2) is 55.5 Å². The molecule has 1 saturated heterocycles. The Morgan fingerprint density at radius 1 is 1.11 bits per heavy atom. The molecule has 11 heteroatoms. The van der Waals surface area contributed by atoms with E-state index in [1.54, 1.807) is 23.1 Å². The van der Waals surface area contributed by atoms with E-state index in [2.05, 4.69) is 20.6 Å². The maximum atomic E-state index is 14.5. The van der Waals surface area contributed by atoms with Crippen LogP contribution in [0.3, 0.4) is 0 Å². The Morgan fingerprint density at radius 3 is 2.57 bits per heavy atom. The second-order valence-corrected chi connectivity index (χ2v) is 10.3. The Balaban J connectivity index is 1.38. The Morgan fingerprint density at radius 2 is 1.86 bits per heavy atom. The van der Waals surface area contributed by atoms with Gasteiger partial charge in [-0.3, -0.25) is 13.8 Å². The lowest BCUT2D eigenvalue weighted by Gasteiger charge is -2.26. The van der Waals surface area contributed by atoms with E-state index < -0.39 is 16.6 Å². The molecule has 0 bridgehead atoms. The van der Waals surface area contributed by atoms with Crippen molar-refractivity contribution in [3.05, 3.63) is 70.1 Å². The van der Waals surface area contributed by atoms with Crippen molar-refractivity contribution >= 4 is 45.7 Å². The molecule has 0 aliphatic carbocycles. The van der Waals surface area contributed by atoms with Crippen molar-refractivity contribution < 1.29 is 18.2 Å². The van der Waals surface area contributed by atoms with E-state index in [1.807, 2.05) is 12.1 Å². The normalized spacial score (nSPS) is 15.6. The first-order valence-corrected chi connectivity index (χ1v) is 12.9. The SMILES string of the molecule is O=C1NCc2nc(-c3c(F)cccc3Cl)nc(Nc3ccc(CC(=O)N4CCS(=O)CC4)cc3)c21. The molecule has 0 radical (unpaired) electrons. The van der Waals surface area contributed by atoms with Crippen molar-refractivity contribution in [1.82, 2.24) is 20.2 Å². The molecule has 180 valence electrons. The van der Waals surface area contributed by atoms with E-state index in [-0.39, 0.29) is 47.0 Å².